The molecule has 0 bridgehead atoms. The van der Waals surface area contributed by atoms with Crippen molar-refractivity contribution in [3.8, 4) is 0 Å². The third-order valence-electron chi connectivity index (χ3n) is 5.19. The smallest absolute Gasteiger partial charge is 0.269 e. The lowest BCUT2D eigenvalue weighted by Gasteiger charge is -2.18. The van der Waals surface area contributed by atoms with Crippen LogP contribution in [-0.4, -0.2) is 31.9 Å². The number of hydrogen-bond donors (Lipinski definition) is 0. The molecule has 0 aliphatic rings. The fraction of sp³-hybridized carbons (Fsp3) is 0.208. The van der Waals surface area contributed by atoms with Crippen LogP contribution in [0.25, 0.3) is 16.3 Å². The fourth-order valence-corrected chi connectivity index (χ4v) is 4.74. The van der Waals surface area contributed by atoms with E-state index in [1.54, 1.807) is 35.6 Å². The number of aromatic nitrogens is 3. The largest absolute Gasteiger partial charge is 0.337 e. The van der Waals surface area contributed by atoms with Crippen molar-refractivity contribution in [1.29, 1.82) is 0 Å². The number of benzene rings is 2. The highest BCUT2D eigenvalue weighted by Crippen LogP contribution is 2.32. The Morgan fingerprint density at radius 3 is 2.68 bits per heavy atom. The molecule has 0 aliphatic carbocycles. The Balaban J connectivity index is 0.00000324. The number of non-ortho nitro benzene ring substituents is 1. The van der Waals surface area contributed by atoms with Crippen LogP contribution in [0.2, 0.25) is 0 Å². The molecule has 0 radical (unpaired) electrons. The zero-order valence-corrected chi connectivity index (χ0v) is 20.4. The van der Waals surface area contributed by atoms with E-state index >= 15 is 0 Å². The third kappa shape index (κ3) is 5.86. The second kappa shape index (κ2) is 11.0. The molecular weight excluding hydrogens is 474 g/mol. The summed E-state index contributed by atoms with van der Waals surface area (Å²) in [6, 6.07) is 10.3. The molecule has 34 heavy (non-hydrogen) atoms. The van der Waals surface area contributed by atoms with Gasteiger partial charge in [-0.05, 0) is 61.2 Å². The average Bonchev–Trinajstić information content (AvgIpc) is 3.45. The summed E-state index contributed by atoms with van der Waals surface area (Å²) in [5.41, 5.74) is 3.88. The molecule has 0 aliphatic heterocycles. The minimum absolute atomic E-state index is 0. The van der Waals surface area contributed by atoms with Gasteiger partial charge >= 0.3 is 0 Å². The van der Waals surface area contributed by atoms with Gasteiger partial charge in [-0.25, -0.2) is 9.97 Å². The molecular formula is C24H24ClN5O3S. The van der Waals surface area contributed by atoms with E-state index in [9.17, 15) is 14.9 Å². The van der Waals surface area contributed by atoms with E-state index < -0.39 is 4.92 Å². The van der Waals surface area contributed by atoms with Crippen molar-refractivity contribution < 1.29 is 9.72 Å². The summed E-state index contributed by atoms with van der Waals surface area (Å²) in [7, 11) is 0. The number of aryl methyl sites for hydroxylation is 3. The first-order valence-corrected chi connectivity index (χ1v) is 11.3. The highest BCUT2D eigenvalue weighted by Gasteiger charge is 2.18. The predicted molar refractivity (Wildman–Crippen MR) is 138 cm³/mol. The Labute approximate surface area is 207 Å². The number of carbonyl (C=O) groups excluding carboxylic acids is 1. The molecule has 0 saturated heterocycles. The highest BCUT2D eigenvalue weighted by atomic mass is 35.5. The minimum Gasteiger partial charge on any atom is -0.337 e. The summed E-state index contributed by atoms with van der Waals surface area (Å²) in [6.07, 6.45) is 9.27. The van der Waals surface area contributed by atoms with Crippen LogP contribution in [0.4, 0.5) is 10.8 Å². The number of anilines is 1. The van der Waals surface area contributed by atoms with Gasteiger partial charge in [0.05, 0.1) is 21.5 Å². The average molecular weight is 498 g/mol. The quantitative estimate of drug-likeness (QED) is 0.180. The summed E-state index contributed by atoms with van der Waals surface area (Å²) in [5, 5.41) is 11.5. The van der Waals surface area contributed by atoms with Gasteiger partial charge in [0.1, 0.15) is 0 Å². The van der Waals surface area contributed by atoms with Gasteiger partial charge in [-0.2, -0.15) is 0 Å². The van der Waals surface area contributed by atoms with Gasteiger partial charge < -0.3 is 4.57 Å². The number of nitro groups is 1. The Kier molecular flexibility index (Phi) is 8.14. The van der Waals surface area contributed by atoms with Crippen molar-refractivity contribution in [1.82, 2.24) is 14.5 Å². The molecule has 1 amide bonds. The lowest BCUT2D eigenvalue weighted by Crippen LogP contribution is -2.30. The van der Waals surface area contributed by atoms with Gasteiger partial charge in [0, 0.05) is 43.7 Å². The topological polar surface area (TPSA) is 94.2 Å². The van der Waals surface area contributed by atoms with E-state index in [2.05, 4.69) is 17.1 Å². The van der Waals surface area contributed by atoms with Crippen molar-refractivity contribution in [2.24, 2.45) is 0 Å². The predicted octanol–water partition coefficient (Wildman–Crippen LogP) is 5.58. The molecule has 0 fully saturated rings. The number of hydrogen-bond acceptors (Lipinski definition) is 6. The molecule has 10 heteroatoms. The Morgan fingerprint density at radius 1 is 1.24 bits per heavy atom. The van der Waals surface area contributed by atoms with Crippen LogP contribution < -0.4 is 4.90 Å². The van der Waals surface area contributed by atoms with Crippen LogP contribution in [0.1, 0.15) is 23.1 Å². The van der Waals surface area contributed by atoms with Crippen LogP contribution in [-0.2, 0) is 11.3 Å². The standard InChI is InChI=1S/C24H23N5O3S.ClH/c1-17-14-18(2)23-21(15-17)33-24(26-23)28(12-3-11-27-13-10-25-16-27)22(30)9-6-19-4-7-20(8-5-19)29(31)32;/h4-10,13-16H,3,11-12H2,1-2H3;1H/b9-6+;. The normalized spacial score (nSPS) is 11.0. The third-order valence-corrected chi connectivity index (χ3v) is 6.22. The molecule has 0 spiro atoms. The Hall–Kier alpha value is -3.56. The summed E-state index contributed by atoms with van der Waals surface area (Å²) < 4.78 is 3.02. The van der Waals surface area contributed by atoms with E-state index in [1.807, 2.05) is 24.6 Å². The maximum absolute atomic E-state index is 13.2. The van der Waals surface area contributed by atoms with Crippen LogP contribution in [0.3, 0.4) is 0 Å². The number of thiazole rings is 1. The zero-order valence-electron chi connectivity index (χ0n) is 18.7. The first-order chi connectivity index (χ1) is 15.9. The first kappa shape index (κ1) is 25.1. The van der Waals surface area contributed by atoms with Crippen LogP contribution in [0, 0.1) is 24.0 Å². The summed E-state index contributed by atoms with van der Waals surface area (Å²) in [5.74, 6) is -0.188. The molecule has 2 aromatic carbocycles. The molecule has 176 valence electrons. The van der Waals surface area contributed by atoms with Crippen molar-refractivity contribution >= 4 is 56.8 Å². The second-order valence-corrected chi connectivity index (χ2v) is 8.76. The highest BCUT2D eigenvalue weighted by molar-refractivity contribution is 7.22. The number of fused-ring (bicyclic) bond motifs is 1. The van der Waals surface area contributed by atoms with Gasteiger partial charge in [-0.3, -0.25) is 19.8 Å². The molecule has 8 nitrogen and oxygen atoms in total. The molecule has 2 aromatic heterocycles. The maximum Gasteiger partial charge on any atom is 0.269 e. The van der Waals surface area contributed by atoms with Gasteiger partial charge in [-0.1, -0.05) is 17.4 Å². The zero-order chi connectivity index (χ0) is 23.4. The number of amides is 1. The number of nitrogens with zero attached hydrogens (tertiary/aromatic N) is 5. The van der Waals surface area contributed by atoms with Crippen molar-refractivity contribution in [2.45, 2.75) is 26.8 Å². The lowest BCUT2D eigenvalue weighted by molar-refractivity contribution is -0.384. The number of halogens is 1. The molecule has 0 N–H and O–H groups in total. The van der Waals surface area contributed by atoms with Crippen LogP contribution in [0.15, 0.2) is 61.2 Å². The monoisotopic (exact) mass is 497 g/mol. The van der Waals surface area contributed by atoms with Crippen molar-refractivity contribution in [3.05, 3.63) is 88.0 Å². The Morgan fingerprint density at radius 2 is 2.00 bits per heavy atom. The van der Waals surface area contributed by atoms with Crippen molar-refractivity contribution in [3.63, 3.8) is 0 Å². The van der Waals surface area contributed by atoms with E-state index in [4.69, 9.17) is 4.98 Å². The molecule has 0 atom stereocenters. The number of rotatable bonds is 8. The maximum atomic E-state index is 13.2. The van der Waals surface area contributed by atoms with E-state index in [0.29, 0.717) is 17.2 Å². The van der Waals surface area contributed by atoms with Crippen LogP contribution >= 0.6 is 23.7 Å². The molecule has 2 heterocycles. The van der Waals surface area contributed by atoms with Gasteiger partial charge in [-0.15, -0.1) is 12.4 Å². The molecule has 0 saturated carbocycles. The summed E-state index contributed by atoms with van der Waals surface area (Å²) in [6.45, 7) is 5.31. The Bertz CT molecular complexity index is 1320. The minimum atomic E-state index is -0.447. The molecule has 4 rings (SSSR count). The van der Waals surface area contributed by atoms with E-state index in [-0.39, 0.29) is 24.0 Å². The summed E-state index contributed by atoms with van der Waals surface area (Å²) in [4.78, 5) is 34.1. The number of imidazole rings is 1. The number of nitro benzene ring substituents is 1. The van der Waals surface area contributed by atoms with Crippen molar-refractivity contribution in [2.75, 3.05) is 11.4 Å². The second-order valence-electron chi connectivity index (χ2n) is 7.75. The van der Waals surface area contributed by atoms with Gasteiger partial charge in [0.25, 0.3) is 11.6 Å². The number of carbonyl (C=O) groups is 1. The van der Waals surface area contributed by atoms with Crippen LogP contribution in [0.5, 0.6) is 0 Å². The molecule has 0 unspecified atom stereocenters. The van der Waals surface area contributed by atoms with Gasteiger partial charge in [0.2, 0.25) is 0 Å². The first-order valence-electron chi connectivity index (χ1n) is 10.5. The lowest BCUT2D eigenvalue weighted by atomic mass is 10.1. The summed E-state index contributed by atoms with van der Waals surface area (Å²) >= 11 is 1.50. The van der Waals surface area contributed by atoms with Gasteiger partial charge in [0.15, 0.2) is 5.13 Å². The van der Waals surface area contributed by atoms with E-state index in [0.717, 1.165) is 34.3 Å². The fourth-order valence-electron chi connectivity index (χ4n) is 3.57. The molecule has 4 aromatic rings. The SMILES string of the molecule is Cc1cc(C)c2nc(N(CCCn3ccnc3)C(=O)/C=C/c3ccc([N+](=O)[O-])cc3)sc2c1.Cl. The van der Waals surface area contributed by atoms with E-state index in [1.165, 1.54) is 29.5 Å².